The molecule has 0 saturated heterocycles. The second kappa shape index (κ2) is 9.67. The predicted octanol–water partition coefficient (Wildman–Crippen LogP) is -0.389. The maximum atomic E-state index is 8.74. The first-order valence-electron chi connectivity index (χ1n) is 0.698. The van der Waals surface area contributed by atoms with Gasteiger partial charge in [-0.1, -0.05) is 0 Å². The van der Waals surface area contributed by atoms with E-state index in [9.17, 15) is 0 Å². The van der Waals surface area contributed by atoms with E-state index in [2.05, 4.69) is 0 Å². The average molecular weight is 474 g/mol. The minimum absolute atomic E-state index is 0. The van der Waals surface area contributed by atoms with E-state index in [-0.39, 0.29) is 91.8 Å². The van der Waals surface area contributed by atoms with Gasteiger partial charge in [-0.2, -0.15) is 8.42 Å². The standard InChI is InChI=1S/Ba.ClH.Hg.H2O4S.2H/c;;;1-5(2,3)4;;/h;1H;;(H2,1,2,3,4);;/q+2;;;;2*-1. The van der Waals surface area contributed by atoms with Crippen LogP contribution in [0.25, 0.3) is 0 Å². The molecule has 0 spiro atoms. The van der Waals surface area contributed by atoms with Crippen molar-refractivity contribution < 1.29 is 48.0 Å². The van der Waals surface area contributed by atoms with E-state index in [1.54, 1.807) is 0 Å². The molecule has 0 rings (SSSR count). The SMILES string of the molecule is Cl.O=S(=O)(O)O.[Ba+2].[H-].[H-].[Hg]. The summed E-state index contributed by atoms with van der Waals surface area (Å²) in [6, 6.07) is 0. The minimum Gasteiger partial charge on any atom is -1.00 e. The molecule has 8 heavy (non-hydrogen) atoms. The zero-order chi connectivity index (χ0) is 4.50. The summed E-state index contributed by atoms with van der Waals surface area (Å²) in [6.45, 7) is 0. The quantitative estimate of drug-likeness (QED) is 0.371. The van der Waals surface area contributed by atoms with Crippen molar-refractivity contribution in [2.24, 2.45) is 0 Å². The topological polar surface area (TPSA) is 74.6 Å². The van der Waals surface area contributed by atoms with Gasteiger partial charge < -0.3 is 2.85 Å². The summed E-state index contributed by atoms with van der Waals surface area (Å²) in [5.41, 5.74) is 0. The van der Waals surface area contributed by atoms with Gasteiger partial charge in [0.2, 0.25) is 0 Å². The Kier molecular flexibility index (Phi) is 27.1. The Hall–Kier alpha value is 2.67. The second-order valence-corrected chi connectivity index (χ2v) is 1.34. The fourth-order valence-electron chi connectivity index (χ4n) is 0. The van der Waals surface area contributed by atoms with Crippen molar-refractivity contribution in [1.29, 1.82) is 0 Å². The maximum Gasteiger partial charge on any atom is 2.00 e. The Bertz CT molecular complexity index is 106. The van der Waals surface area contributed by atoms with Gasteiger partial charge in [0.1, 0.15) is 0 Å². The largest absolute Gasteiger partial charge is 2.00 e. The Morgan fingerprint density at radius 3 is 1.25 bits per heavy atom. The van der Waals surface area contributed by atoms with Crippen LogP contribution in [-0.4, -0.2) is 66.4 Å². The molecular formula is H5BaClHgO4S. The molecule has 0 heterocycles. The molecule has 8 heteroatoms. The summed E-state index contributed by atoms with van der Waals surface area (Å²) in [7, 11) is -4.67. The third-order valence-corrected chi connectivity index (χ3v) is 0. The summed E-state index contributed by atoms with van der Waals surface area (Å²) < 4.78 is 31.6. The second-order valence-electron chi connectivity index (χ2n) is 0.448. The van der Waals surface area contributed by atoms with E-state index in [0.717, 1.165) is 0 Å². The molecule has 46 valence electrons. The molecule has 0 bridgehead atoms. The van der Waals surface area contributed by atoms with Gasteiger partial charge >= 0.3 is 59.3 Å². The Morgan fingerprint density at radius 1 is 1.25 bits per heavy atom. The van der Waals surface area contributed by atoms with Crippen LogP contribution in [0.5, 0.6) is 0 Å². The Balaban J connectivity index is -0.00000000800. The van der Waals surface area contributed by atoms with Gasteiger partial charge in [-0.3, -0.25) is 9.11 Å². The van der Waals surface area contributed by atoms with Crippen molar-refractivity contribution in [3.63, 3.8) is 0 Å². The summed E-state index contributed by atoms with van der Waals surface area (Å²) in [5.74, 6) is 0. The van der Waals surface area contributed by atoms with Gasteiger partial charge in [0.15, 0.2) is 0 Å². The first-order chi connectivity index (χ1) is 2.00. The van der Waals surface area contributed by atoms with Crippen LogP contribution in [0.2, 0.25) is 0 Å². The van der Waals surface area contributed by atoms with E-state index in [4.69, 9.17) is 17.5 Å². The van der Waals surface area contributed by atoms with E-state index >= 15 is 0 Å². The van der Waals surface area contributed by atoms with Crippen LogP contribution < -0.4 is 0 Å². The molecule has 0 aromatic heterocycles. The Morgan fingerprint density at radius 2 is 1.25 bits per heavy atom. The number of halogens is 1. The summed E-state index contributed by atoms with van der Waals surface area (Å²) in [4.78, 5) is 0. The number of rotatable bonds is 0. The minimum atomic E-state index is -4.67. The fourth-order valence-corrected chi connectivity index (χ4v) is 0. The van der Waals surface area contributed by atoms with Gasteiger partial charge in [0, 0.05) is 27.7 Å². The van der Waals surface area contributed by atoms with Gasteiger partial charge in [-0.15, -0.1) is 12.4 Å². The van der Waals surface area contributed by atoms with Crippen molar-refractivity contribution >= 4 is 71.7 Å². The zero-order valence-corrected chi connectivity index (χ0v) is 15.5. The third-order valence-electron chi connectivity index (χ3n) is 0. The first-order valence-corrected chi connectivity index (χ1v) is 2.10. The summed E-state index contributed by atoms with van der Waals surface area (Å²) in [5, 5.41) is 0. The summed E-state index contributed by atoms with van der Waals surface area (Å²) >= 11 is 0. The van der Waals surface area contributed by atoms with Crippen molar-refractivity contribution in [2.75, 3.05) is 0 Å². The fraction of sp³-hybridized carbons (Fsp3) is 0. The molecule has 0 fully saturated rings. The van der Waals surface area contributed by atoms with Crippen molar-refractivity contribution in [1.82, 2.24) is 0 Å². The molecule has 4 nitrogen and oxygen atoms in total. The molecule has 0 aliphatic rings. The van der Waals surface area contributed by atoms with E-state index in [1.807, 2.05) is 0 Å². The van der Waals surface area contributed by atoms with Gasteiger partial charge in [0.05, 0.1) is 0 Å². The van der Waals surface area contributed by atoms with Crippen molar-refractivity contribution in [3.05, 3.63) is 0 Å². The van der Waals surface area contributed by atoms with Crippen LogP contribution in [0, 0.1) is 0 Å². The molecule has 0 saturated carbocycles. The molecule has 0 radical (unpaired) electrons. The van der Waals surface area contributed by atoms with Crippen LogP contribution in [-0.2, 0) is 38.1 Å². The van der Waals surface area contributed by atoms with Crippen molar-refractivity contribution in [2.45, 2.75) is 0 Å². The molecular weight excluding hydrogens is 469 g/mol. The summed E-state index contributed by atoms with van der Waals surface area (Å²) in [6.07, 6.45) is 0. The molecule has 0 amide bonds. The molecule has 0 atom stereocenters. The van der Waals surface area contributed by atoms with Crippen LogP contribution in [0.15, 0.2) is 0 Å². The molecule has 0 aromatic carbocycles. The molecule has 2 N–H and O–H groups in total. The van der Waals surface area contributed by atoms with Crippen LogP contribution in [0.1, 0.15) is 2.85 Å². The Labute approximate surface area is 117 Å². The van der Waals surface area contributed by atoms with Crippen LogP contribution in [0.3, 0.4) is 0 Å². The average Bonchev–Trinajstić information content (AvgIpc) is 0.722. The predicted molar refractivity (Wildman–Crippen MR) is 29.4 cm³/mol. The normalized spacial score (nSPS) is 7.25. The zero-order valence-electron chi connectivity index (χ0n) is 5.94. The van der Waals surface area contributed by atoms with E-state index < -0.39 is 10.4 Å². The molecule has 0 aromatic rings. The van der Waals surface area contributed by atoms with E-state index in [0.29, 0.717) is 0 Å². The first kappa shape index (κ1) is 22.4. The maximum absolute atomic E-state index is 8.74. The molecule has 0 aliphatic heterocycles. The third kappa shape index (κ3) is 71.6. The van der Waals surface area contributed by atoms with Crippen LogP contribution in [0.4, 0.5) is 0 Å². The number of hydrogen-bond donors (Lipinski definition) is 2. The van der Waals surface area contributed by atoms with Gasteiger partial charge in [0.25, 0.3) is 0 Å². The van der Waals surface area contributed by atoms with E-state index in [1.165, 1.54) is 0 Å². The number of hydrogen-bond acceptors (Lipinski definition) is 2. The van der Waals surface area contributed by atoms with Crippen molar-refractivity contribution in [3.8, 4) is 0 Å². The van der Waals surface area contributed by atoms with Crippen LogP contribution >= 0.6 is 12.4 Å². The smallest absolute Gasteiger partial charge is 1.00 e. The van der Waals surface area contributed by atoms with Gasteiger partial charge in [-0.05, 0) is 0 Å². The monoisotopic (exact) mass is 476 g/mol. The van der Waals surface area contributed by atoms with Gasteiger partial charge in [-0.25, -0.2) is 0 Å². The molecule has 0 unspecified atom stereocenters. The molecule has 0 aliphatic carbocycles.